The van der Waals surface area contributed by atoms with Crippen LogP contribution in [0.2, 0.25) is 0 Å². The second-order valence-corrected chi connectivity index (χ2v) is 5.74. The van der Waals surface area contributed by atoms with Crippen molar-refractivity contribution in [1.82, 2.24) is 0 Å². The number of ether oxygens (including phenoxy) is 2. The van der Waals surface area contributed by atoms with Crippen molar-refractivity contribution in [3.05, 3.63) is 66.4 Å². The summed E-state index contributed by atoms with van der Waals surface area (Å²) >= 11 is 0. The molecule has 2 rings (SSSR count). The molecule has 0 bridgehead atoms. The van der Waals surface area contributed by atoms with E-state index in [1.54, 1.807) is 18.2 Å². The van der Waals surface area contributed by atoms with Gasteiger partial charge in [-0.1, -0.05) is 24.8 Å². The van der Waals surface area contributed by atoms with Gasteiger partial charge in [-0.25, -0.2) is 4.79 Å². The molecular weight excluding hydrogens is 344 g/mol. The summed E-state index contributed by atoms with van der Waals surface area (Å²) in [6.45, 7) is 4.92. The highest BCUT2D eigenvalue weighted by molar-refractivity contribution is 5.86. The zero-order valence-corrected chi connectivity index (χ0v) is 14.8. The number of nitrogens with zero attached hydrogens (tertiary/aromatic N) is 4. The molecule has 0 N–H and O–H groups in total. The molecule has 1 aliphatic rings. The summed E-state index contributed by atoms with van der Waals surface area (Å²) in [6.07, 6.45) is 4.57. The molecule has 2 atom stereocenters. The number of carbonyl (C=O) groups excluding carboxylic acids is 1. The Balaban J connectivity index is 2.04. The van der Waals surface area contributed by atoms with Gasteiger partial charge in [-0.3, -0.25) is 0 Å². The molecule has 0 saturated carbocycles. The maximum Gasteiger partial charge on any atom is 0.333 e. The normalized spacial score (nSPS) is 21.1. The number of nitriles is 2. The van der Waals surface area contributed by atoms with Crippen LogP contribution in [-0.4, -0.2) is 24.8 Å². The van der Waals surface area contributed by atoms with E-state index in [2.05, 4.69) is 16.8 Å². The van der Waals surface area contributed by atoms with Crippen molar-refractivity contribution in [3.63, 3.8) is 0 Å². The Kier molecular flexibility index (Phi) is 6.76. The molecule has 0 heterocycles. The molecule has 0 amide bonds. The number of benzene rings is 1. The molecule has 0 aromatic heterocycles. The first-order valence-electron chi connectivity index (χ1n) is 8.16. The van der Waals surface area contributed by atoms with Gasteiger partial charge in [-0.05, 0) is 37.3 Å². The van der Waals surface area contributed by atoms with Crippen molar-refractivity contribution in [3.8, 4) is 12.1 Å². The monoisotopic (exact) mass is 362 g/mol. The molecule has 1 aromatic carbocycles. The number of allylic oxidation sites excluding steroid dienone is 1. The fourth-order valence-corrected chi connectivity index (χ4v) is 2.22. The summed E-state index contributed by atoms with van der Waals surface area (Å²) in [6, 6.07) is 13.2. The zero-order chi connectivity index (χ0) is 19.7. The number of hydrogen-bond donors (Lipinski definition) is 0. The van der Waals surface area contributed by atoms with Crippen LogP contribution >= 0.6 is 0 Å². The van der Waals surface area contributed by atoms with Crippen molar-refractivity contribution < 1.29 is 14.3 Å². The number of hydrogen-bond acceptors (Lipinski definition) is 7. The summed E-state index contributed by atoms with van der Waals surface area (Å²) < 4.78 is 10.5. The molecule has 2 unspecified atom stereocenters. The van der Waals surface area contributed by atoms with E-state index in [1.165, 1.54) is 19.1 Å². The molecule has 27 heavy (non-hydrogen) atoms. The molecular formula is C20H18N4O3. The van der Waals surface area contributed by atoms with Gasteiger partial charge < -0.3 is 9.47 Å². The van der Waals surface area contributed by atoms with Crippen LogP contribution in [0.4, 0.5) is 5.69 Å². The van der Waals surface area contributed by atoms with Gasteiger partial charge in [-0.2, -0.15) is 20.8 Å². The van der Waals surface area contributed by atoms with Gasteiger partial charge >= 0.3 is 5.97 Å². The highest BCUT2D eigenvalue weighted by atomic mass is 16.6. The molecule has 7 nitrogen and oxygen atoms in total. The largest absolute Gasteiger partial charge is 0.460 e. The van der Waals surface area contributed by atoms with E-state index in [-0.39, 0.29) is 18.8 Å². The van der Waals surface area contributed by atoms with Crippen LogP contribution in [0, 0.1) is 28.6 Å². The van der Waals surface area contributed by atoms with Crippen LogP contribution in [-0.2, 0) is 14.3 Å². The minimum absolute atomic E-state index is 0.0379. The topological polar surface area (TPSA) is 108 Å². The molecule has 0 saturated heterocycles. The SMILES string of the molecule is C=C(C)C(=O)OCCOC1(C#N)C=CC(N=Nc2ccccc2)=CC1C#N. The van der Waals surface area contributed by atoms with Gasteiger partial charge in [0.2, 0.25) is 0 Å². The van der Waals surface area contributed by atoms with E-state index in [9.17, 15) is 15.3 Å². The molecule has 1 aromatic rings. The number of rotatable bonds is 7. The molecule has 136 valence electrons. The highest BCUT2D eigenvalue weighted by Gasteiger charge is 2.39. The van der Waals surface area contributed by atoms with Gasteiger partial charge in [0, 0.05) is 5.57 Å². The van der Waals surface area contributed by atoms with Crippen molar-refractivity contribution in [2.75, 3.05) is 13.2 Å². The summed E-state index contributed by atoms with van der Waals surface area (Å²) in [5.74, 6) is -1.42. The first kappa shape index (κ1) is 19.8. The van der Waals surface area contributed by atoms with E-state index in [1.807, 2.05) is 30.3 Å². The van der Waals surface area contributed by atoms with E-state index in [0.29, 0.717) is 11.4 Å². The predicted molar refractivity (Wildman–Crippen MR) is 97.4 cm³/mol. The Morgan fingerprint density at radius 2 is 2.00 bits per heavy atom. The smallest absolute Gasteiger partial charge is 0.333 e. The van der Waals surface area contributed by atoms with E-state index in [0.717, 1.165) is 0 Å². The maximum atomic E-state index is 11.4. The third-order valence-electron chi connectivity index (χ3n) is 3.66. The average Bonchev–Trinajstić information content (AvgIpc) is 2.70. The molecule has 7 heteroatoms. The lowest BCUT2D eigenvalue weighted by atomic mass is 9.85. The summed E-state index contributed by atoms with van der Waals surface area (Å²) in [7, 11) is 0. The Hall–Kier alpha value is -3.55. The van der Waals surface area contributed by atoms with Gasteiger partial charge in [0.15, 0.2) is 5.60 Å². The second-order valence-electron chi connectivity index (χ2n) is 5.74. The van der Waals surface area contributed by atoms with Crippen molar-refractivity contribution in [2.24, 2.45) is 16.1 Å². The fraction of sp³-hybridized carbons (Fsp3) is 0.250. The number of carbonyl (C=O) groups is 1. The first-order valence-corrected chi connectivity index (χ1v) is 8.16. The maximum absolute atomic E-state index is 11.4. The summed E-state index contributed by atoms with van der Waals surface area (Å²) in [5.41, 5.74) is -0.0775. The fourth-order valence-electron chi connectivity index (χ4n) is 2.22. The standard InChI is InChI=1S/C20H18N4O3/c1-15(2)19(25)26-10-11-27-20(14-22)9-8-18(12-16(20)13-21)24-23-17-6-4-3-5-7-17/h3-9,12,16H,1,10-11H2,2H3. The van der Waals surface area contributed by atoms with Crippen LogP contribution in [0.5, 0.6) is 0 Å². The van der Waals surface area contributed by atoms with Gasteiger partial charge in [0.1, 0.15) is 18.6 Å². The quantitative estimate of drug-likeness (QED) is 0.317. The number of esters is 1. The van der Waals surface area contributed by atoms with Crippen molar-refractivity contribution in [2.45, 2.75) is 12.5 Å². The Morgan fingerprint density at radius 1 is 1.26 bits per heavy atom. The van der Waals surface area contributed by atoms with Crippen LogP contribution in [0.25, 0.3) is 0 Å². The molecule has 0 spiro atoms. The summed E-state index contributed by atoms with van der Waals surface area (Å²) in [4.78, 5) is 11.4. The predicted octanol–water partition coefficient (Wildman–Crippen LogP) is 3.76. The van der Waals surface area contributed by atoms with E-state index < -0.39 is 17.5 Å². The third kappa shape index (κ3) is 5.21. The lowest BCUT2D eigenvalue weighted by Gasteiger charge is -2.28. The lowest BCUT2D eigenvalue weighted by Crippen LogP contribution is -2.38. The molecule has 0 fully saturated rings. The second kappa shape index (κ2) is 9.23. The summed E-state index contributed by atoms with van der Waals surface area (Å²) in [5, 5.41) is 27.2. The van der Waals surface area contributed by atoms with Crippen LogP contribution in [0.3, 0.4) is 0 Å². The van der Waals surface area contributed by atoms with Gasteiger partial charge in [0.25, 0.3) is 0 Å². The van der Waals surface area contributed by atoms with Crippen LogP contribution in [0.1, 0.15) is 6.92 Å². The minimum Gasteiger partial charge on any atom is -0.460 e. The Labute approximate surface area is 157 Å². The molecule has 0 aliphatic heterocycles. The van der Waals surface area contributed by atoms with Gasteiger partial charge in [-0.15, -0.1) is 0 Å². The zero-order valence-electron chi connectivity index (χ0n) is 14.8. The van der Waals surface area contributed by atoms with E-state index in [4.69, 9.17) is 9.47 Å². The molecule has 0 radical (unpaired) electrons. The van der Waals surface area contributed by atoms with Crippen LogP contribution in [0.15, 0.2) is 76.6 Å². The Morgan fingerprint density at radius 3 is 2.63 bits per heavy atom. The van der Waals surface area contributed by atoms with E-state index >= 15 is 0 Å². The highest BCUT2D eigenvalue weighted by Crippen LogP contribution is 2.31. The lowest BCUT2D eigenvalue weighted by molar-refractivity contribution is -0.141. The minimum atomic E-state index is -1.48. The van der Waals surface area contributed by atoms with Crippen molar-refractivity contribution >= 4 is 11.7 Å². The Bertz CT molecular complexity index is 875. The number of azo groups is 1. The third-order valence-corrected chi connectivity index (χ3v) is 3.66. The van der Waals surface area contributed by atoms with Crippen molar-refractivity contribution in [1.29, 1.82) is 10.5 Å². The first-order chi connectivity index (χ1) is 13.0. The average molecular weight is 362 g/mol. The van der Waals surface area contributed by atoms with Crippen LogP contribution < -0.4 is 0 Å². The van der Waals surface area contributed by atoms with Gasteiger partial charge in [0.05, 0.1) is 24.1 Å². The molecule has 1 aliphatic carbocycles.